The summed E-state index contributed by atoms with van der Waals surface area (Å²) >= 11 is 1.92. The lowest BCUT2D eigenvalue weighted by atomic mass is 9.90. The Hall–Kier alpha value is -1.07. The van der Waals surface area contributed by atoms with Gasteiger partial charge in [0.1, 0.15) is 5.69 Å². The summed E-state index contributed by atoms with van der Waals surface area (Å²) in [6, 6.07) is 4.08. The van der Waals surface area contributed by atoms with Gasteiger partial charge in [-0.05, 0) is 49.5 Å². The quantitative estimate of drug-likeness (QED) is 0.901. The fourth-order valence-electron chi connectivity index (χ4n) is 2.90. The van der Waals surface area contributed by atoms with Crippen LogP contribution in [0, 0.1) is 0 Å². The number of nitrogens with one attached hydrogen (secondary N) is 1. The Kier molecular flexibility index (Phi) is 4.58. The zero-order chi connectivity index (χ0) is 13.8. The van der Waals surface area contributed by atoms with Crippen molar-refractivity contribution < 1.29 is 4.79 Å². The molecule has 1 amide bonds. The summed E-state index contributed by atoms with van der Waals surface area (Å²) in [5.74, 6) is 2.75. The van der Waals surface area contributed by atoms with E-state index in [0.29, 0.717) is 11.6 Å². The highest BCUT2D eigenvalue weighted by Crippen LogP contribution is 2.25. The van der Waals surface area contributed by atoms with Gasteiger partial charge in [-0.1, -0.05) is 0 Å². The fraction of sp³-hybridized carbons (Fsp3) is 0.600. The van der Waals surface area contributed by atoms with Crippen molar-refractivity contribution in [1.29, 1.82) is 0 Å². The fourth-order valence-corrected chi connectivity index (χ4v) is 3.80. The van der Waals surface area contributed by atoms with Crippen LogP contribution in [0.5, 0.6) is 0 Å². The molecule has 4 nitrogen and oxygen atoms in total. The molecule has 0 radical (unpaired) electrons. The normalized spacial score (nSPS) is 20.9. The van der Waals surface area contributed by atoms with Crippen LogP contribution in [-0.4, -0.2) is 53.5 Å². The first-order valence-corrected chi connectivity index (χ1v) is 8.54. The molecule has 0 aliphatic carbocycles. The maximum absolute atomic E-state index is 12.5. The molecule has 2 aliphatic heterocycles. The molecule has 0 unspecified atom stereocenters. The van der Waals surface area contributed by atoms with Crippen molar-refractivity contribution >= 4 is 17.7 Å². The van der Waals surface area contributed by atoms with E-state index in [-0.39, 0.29) is 5.91 Å². The number of piperidine rings is 1. The zero-order valence-corrected chi connectivity index (χ0v) is 12.5. The van der Waals surface area contributed by atoms with E-state index >= 15 is 0 Å². The molecular formula is C15H21N3OS. The van der Waals surface area contributed by atoms with E-state index in [9.17, 15) is 4.79 Å². The molecule has 1 aromatic heterocycles. The molecule has 3 heterocycles. The average Bonchev–Trinajstić information content (AvgIpc) is 2.56. The second kappa shape index (κ2) is 6.59. The molecule has 1 N–H and O–H groups in total. The first-order chi connectivity index (χ1) is 9.84. The molecule has 0 aromatic carbocycles. The standard InChI is InChI=1S/C15H21N3OS/c19-15(18-7-9-20-10-8-18)14-11-13(3-6-17-14)12-1-4-16-5-2-12/h3,6,11-12,16H,1-2,4-5,7-10H2. The maximum Gasteiger partial charge on any atom is 0.272 e. The summed E-state index contributed by atoms with van der Waals surface area (Å²) in [6.07, 6.45) is 4.10. The van der Waals surface area contributed by atoms with E-state index in [2.05, 4.69) is 16.4 Å². The number of amides is 1. The SMILES string of the molecule is O=C(c1cc(C2CCNCC2)ccn1)N1CCSCC1. The third-order valence-corrected chi connectivity index (χ3v) is 5.05. The van der Waals surface area contributed by atoms with Crippen molar-refractivity contribution in [3.8, 4) is 0 Å². The van der Waals surface area contributed by atoms with Crippen molar-refractivity contribution in [2.45, 2.75) is 18.8 Å². The van der Waals surface area contributed by atoms with Crippen LogP contribution in [0.15, 0.2) is 18.3 Å². The lowest BCUT2D eigenvalue weighted by Gasteiger charge is -2.27. The minimum Gasteiger partial charge on any atom is -0.336 e. The number of carbonyl (C=O) groups is 1. The lowest BCUT2D eigenvalue weighted by Crippen LogP contribution is -2.38. The van der Waals surface area contributed by atoms with E-state index in [0.717, 1.165) is 50.5 Å². The molecule has 2 saturated heterocycles. The van der Waals surface area contributed by atoms with Gasteiger partial charge in [0, 0.05) is 30.8 Å². The predicted octanol–water partition coefficient (Wildman–Crippen LogP) is 1.74. The van der Waals surface area contributed by atoms with E-state index in [1.807, 2.05) is 22.7 Å². The molecule has 2 aliphatic rings. The largest absolute Gasteiger partial charge is 0.336 e. The smallest absolute Gasteiger partial charge is 0.272 e. The van der Waals surface area contributed by atoms with E-state index < -0.39 is 0 Å². The van der Waals surface area contributed by atoms with Crippen molar-refractivity contribution in [2.24, 2.45) is 0 Å². The lowest BCUT2D eigenvalue weighted by molar-refractivity contribution is 0.0766. The van der Waals surface area contributed by atoms with Crippen LogP contribution in [0.25, 0.3) is 0 Å². The number of carbonyl (C=O) groups excluding carboxylic acids is 1. The van der Waals surface area contributed by atoms with Gasteiger partial charge in [-0.15, -0.1) is 0 Å². The number of hydrogen-bond acceptors (Lipinski definition) is 4. The topological polar surface area (TPSA) is 45.2 Å². The summed E-state index contributed by atoms with van der Waals surface area (Å²) in [7, 11) is 0. The van der Waals surface area contributed by atoms with Crippen LogP contribution in [0.4, 0.5) is 0 Å². The molecule has 1 aromatic rings. The third-order valence-electron chi connectivity index (χ3n) is 4.11. The summed E-state index contributed by atoms with van der Waals surface area (Å²) in [6.45, 7) is 3.84. The van der Waals surface area contributed by atoms with Gasteiger partial charge < -0.3 is 10.2 Å². The highest BCUT2D eigenvalue weighted by atomic mass is 32.2. The van der Waals surface area contributed by atoms with Crippen molar-refractivity contribution in [3.05, 3.63) is 29.6 Å². The minimum absolute atomic E-state index is 0.0982. The molecule has 5 heteroatoms. The number of pyridine rings is 1. The maximum atomic E-state index is 12.5. The Morgan fingerprint density at radius 3 is 2.80 bits per heavy atom. The predicted molar refractivity (Wildman–Crippen MR) is 82.3 cm³/mol. The molecule has 2 fully saturated rings. The number of thioether (sulfide) groups is 1. The van der Waals surface area contributed by atoms with Crippen LogP contribution < -0.4 is 5.32 Å². The highest BCUT2D eigenvalue weighted by Gasteiger charge is 2.21. The van der Waals surface area contributed by atoms with Crippen molar-refractivity contribution in [3.63, 3.8) is 0 Å². The molecule has 20 heavy (non-hydrogen) atoms. The zero-order valence-electron chi connectivity index (χ0n) is 11.7. The number of nitrogens with zero attached hydrogens (tertiary/aromatic N) is 2. The molecule has 0 spiro atoms. The van der Waals surface area contributed by atoms with Crippen LogP contribution in [0.1, 0.15) is 34.8 Å². The van der Waals surface area contributed by atoms with E-state index in [1.165, 1.54) is 5.56 Å². The van der Waals surface area contributed by atoms with Gasteiger partial charge in [0.2, 0.25) is 0 Å². The van der Waals surface area contributed by atoms with Crippen molar-refractivity contribution in [1.82, 2.24) is 15.2 Å². The first kappa shape index (κ1) is 13.9. The molecule has 3 rings (SSSR count). The van der Waals surface area contributed by atoms with Crippen LogP contribution in [0.2, 0.25) is 0 Å². The second-order valence-electron chi connectivity index (χ2n) is 5.40. The van der Waals surface area contributed by atoms with Crippen LogP contribution in [-0.2, 0) is 0 Å². The molecular weight excluding hydrogens is 270 g/mol. The molecule has 0 saturated carbocycles. The highest BCUT2D eigenvalue weighted by molar-refractivity contribution is 7.99. The van der Waals surface area contributed by atoms with E-state index in [1.54, 1.807) is 6.20 Å². The number of rotatable bonds is 2. The van der Waals surface area contributed by atoms with E-state index in [4.69, 9.17) is 0 Å². The Labute approximate surface area is 124 Å². The summed E-state index contributed by atoms with van der Waals surface area (Å²) in [4.78, 5) is 18.7. The summed E-state index contributed by atoms with van der Waals surface area (Å²) in [5, 5.41) is 3.38. The van der Waals surface area contributed by atoms with Crippen LogP contribution in [0.3, 0.4) is 0 Å². The number of aromatic nitrogens is 1. The second-order valence-corrected chi connectivity index (χ2v) is 6.63. The van der Waals surface area contributed by atoms with Crippen molar-refractivity contribution in [2.75, 3.05) is 37.7 Å². The van der Waals surface area contributed by atoms with Gasteiger partial charge in [0.25, 0.3) is 5.91 Å². The molecule has 0 bridgehead atoms. The Balaban J connectivity index is 1.74. The van der Waals surface area contributed by atoms with Crippen LogP contribution >= 0.6 is 11.8 Å². The molecule has 108 valence electrons. The first-order valence-electron chi connectivity index (χ1n) is 7.38. The summed E-state index contributed by atoms with van der Waals surface area (Å²) in [5.41, 5.74) is 1.89. The monoisotopic (exact) mass is 291 g/mol. The Morgan fingerprint density at radius 2 is 2.05 bits per heavy atom. The molecule has 0 atom stereocenters. The van der Waals surface area contributed by atoms with Gasteiger partial charge in [0.15, 0.2) is 0 Å². The third kappa shape index (κ3) is 3.15. The van der Waals surface area contributed by atoms with Gasteiger partial charge in [0.05, 0.1) is 0 Å². The Morgan fingerprint density at radius 1 is 1.30 bits per heavy atom. The van der Waals surface area contributed by atoms with Gasteiger partial charge in [-0.25, -0.2) is 0 Å². The Bertz CT molecular complexity index is 468. The van der Waals surface area contributed by atoms with Gasteiger partial charge >= 0.3 is 0 Å². The van der Waals surface area contributed by atoms with Gasteiger partial charge in [-0.3, -0.25) is 9.78 Å². The van der Waals surface area contributed by atoms with Gasteiger partial charge in [-0.2, -0.15) is 11.8 Å². The summed E-state index contributed by atoms with van der Waals surface area (Å²) < 4.78 is 0. The average molecular weight is 291 g/mol. The minimum atomic E-state index is 0.0982. The number of hydrogen-bond donors (Lipinski definition) is 1.